The number of carbonyl (C=O) groups excluding carboxylic acids is 1. The number of nitrogens with one attached hydrogen (secondary N) is 1. The number of carbonyl (C=O) groups is 1. The third-order valence-electron chi connectivity index (χ3n) is 5.52. The first-order valence-corrected chi connectivity index (χ1v) is 9.83. The zero-order chi connectivity index (χ0) is 22.2. The smallest absolute Gasteiger partial charge is 0.410 e. The lowest BCUT2D eigenvalue weighted by Gasteiger charge is -2.33. The molecule has 3 heterocycles. The average Bonchev–Trinajstić information content (AvgIpc) is 3.21. The van der Waals surface area contributed by atoms with Gasteiger partial charge in [0.05, 0.1) is 33.5 Å². The molecule has 0 radical (unpaired) electrons. The van der Waals surface area contributed by atoms with E-state index in [9.17, 15) is 18.0 Å². The van der Waals surface area contributed by atoms with Crippen LogP contribution in [0.4, 0.5) is 19.0 Å². The minimum atomic E-state index is -4.53. The molecule has 1 N–H and O–H groups in total. The van der Waals surface area contributed by atoms with E-state index in [1.807, 2.05) is 0 Å². The number of morpholine rings is 1. The van der Waals surface area contributed by atoms with Crippen molar-refractivity contribution in [3.63, 3.8) is 0 Å². The first-order chi connectivity index (χ1) is 14.8. The maximum atomic E-state index is 13.9. The SMILES string of the molecule is COc1ccc([C@@H]2C[C@H](C(F)(F)F)n3nc(C(=O)N4CCOCC4)cc3N2)cc1OC. The number of amides is 1. The molecule has 1 fully saturated rings. The quantitative estimate of drug-likeness (QED) is 0.788. The van der Waals surface area contributed by atoms with Gasteiger partial charge in [-0.05, 0) is 17.7 Å². The highest BCUT2D eigenvalue weighted by Gasteiger charge is 2.47. The number of ether oxygens (including phenoxy) is 3. The molecule has 2 aliphatic heterocycles. The molecule has 0 aliphatic carbocycles. The van der Waals surface area contributed by atoms with E-state index in [2.05, 4.69) is 10.4 Å². The fraction of sp³-hybridized carbons (Fsp3) is 0.500. The minimum Gasteiger partial charge on any atom is -0.493 e. The summed E-state index contributed by atoms with van der Waals surface area (Å²) in [6.07, 6.45) is -4.81. The van der Waals surface area contributed by atoms with Crippen LogP contribution in [0.25, 0.3) is 0 Å². The van der Waals surface area contributed by atoms with E-state index in [0.29, 0.717) is 43.4 Å². The van der Waals surface area contributed by atoms with Gasteiger partial charge in [0.15, 0.2) is 23.2 Å². The second-order valence-electron chi connectivity index (χ2n) is 7.37. The monoisotopic (exact) mass is 440 g/mol. The molecule has 0 bridgehead atoms. The first kappa shape index (κ1) is 21.3. The van der Waals surface area contributed by atoms with Crippen LogP contribution >= 0.6 is 0 Å². The van der Waals surface area contributed by atoms with Crippen LogP contribution in [0.1, 0.15) is 34.6 Å². The highest BCUT2D eigenvalue weighted by Crippen LogP contribution is 2.44. The molecule has 0 spiro atoms. The Hall–Kier alpha value is -2.95. The Morgan fingerprint density at radius 3 is 2.52 bits per heavy atom. The second-order valence-corrected chi connectivity index (χ2v) is 7.37. The normalized spacial score (nSPS) is 21.3. The van der Waals surface area contributed by atoms with Crippen molar-refractivity contribution >= 4 is 11.7 Å². The summed E-state index contributed by atoms with van der Waals surface area (Å²) in [4.78, 5) is 14.3. The van der Waals surface area contributed by atoms with Crippen molar-refractivity contribution in [2.45, 2.75) is 24.7 Å². The van der Waals surface area contributed by atoms with Crippen molar-refractivity contribution in [3.05, 3.63) is 35.5 Å². The molecule has 8 nitrogen and oxygen atoms in total. The number of halogens is 3. The summed E-state index contributed by atoms with van der Waals surface area (Å²) in [7, 11) is 2.95. The predicted molar refractivity (Wildman–Crippen MR) is 105 cm³/mol. The molecule has 11 heteroatoms. The number of fused-ring (bicyclic) bond motifs is 1. The average molecular weight is 440 g/mol. The lowest BCUT2D eigenvalue weighted by atomic mass is 9.96. The number of benzene rings is 1. The van der Waals surface area contributed by atoms with Gasteiger partial charge >= 0.3 is 6.18 Å². The van der Waals surface area contributed by atoms with Crippen molar-refractivity contribution in [2.24, 2.45) is 0 Å². The van der Waals surface area contributed by atoms with Gasteiger partial charge in [-0.2, -0.15) is 18.3 Å². The third-order valence-corrected chi connectivity index (χ3v) is 5.52. The second kappa shape index (κ2) is 8.29. The van der Waals surface area contributed by atoms with Crippen LogP contribution in [0.5, 0.6) is 11.5 Å². The van der Waals surface area contributed by atoms with Gasteiger partial charge in [-0.1, -0.05) is 6.07 Å². The summed E-state index contributed by atoms with van der Waals surface area (Å²) in [5, 5.41) is 7.11. The number of hydrogen-bond donors (Lipinski definition) is 1. The number of alkyl halides is 3. The van der Waals surface area contributed by atoms with E-state index in [-0.39, 0.29) is 17.9 Å². The van der Waals surface area contributed by atoms with Crippen LogP contribution in [-0.4, -0.2) is 67.3 Å². The first-order valence-electron chi connectivity index (χ1n) is 9.83. The van der Waals surface area contributed by atoms with Crippen LogP contribution in [0.3, 0.4) is 0 Å². The fourth-order valence-corrected chi connectivity index (χ4v) is 3.89. The van der Waals surface area contributed by atoms with Crippen LogP contribution < -0.4 is 14.8 Å². The topological polar surface area (TPSA) is 77.9 Å². The number of hydrogen-bond acceptors (Lipinski definition) is 6. The van der Waals surface area contributed by atoms with Gasteiger partial charge in [0.25, 0.3) is 5.91 Å². The zero-order valence-corrected chi connectivity index (χ0v) is 17.1. The van der Waals surface area contributed by atoms with Gasteiger partial charge in [-0.3, -0.25) is 4.79 Å². The largest absolute Gasteiger partial charge is 0.493 e. The molecule has 2 aliphatic rings. The van der Waals surface area contributed by atoms with Gasteiger partial charge in [-0.25, -0.2) is 4.68 Å². The molecule has 1 amide bonds. The fourth-order valence-electron chi connectivity index (χ4n) is 3.89. The van der Waals surface area contributed by atoms with Gasteiger partial charge in [0.2, 0.25) is 0 Å². The molecule has 1 aromatic carbocycles. The zero-order valence-electron chi connectivity index (χ0n) is 17.1. The molecule has 168 valence electrons. The Bertz CT molecular complexity index is 956. The molecule has 2 aromatic rings. The van der Waals surface area contributed by atoms with Gasteiger partial charge < -0.3 is 24.4 Å². The summed E-state index contributed by atoms with van der Waals surface area (Å²) >= 11 is 0. The van der Waals surface area contributed by atoms with Crippen LogP contribution in [0.2, 0.25) is 0 Å². The highest BCUT2D eigenvalue weighted by molar-refractivity contribution is 5.93. The highest BCUT2D eigenvalue weighted by atomic mass is 19.4. The van der Waals surface area contributed by atoms with Crippen molar-refractivity contribution in [1.82, 2.24) is 14.7 Å². The Morgan fingerprint density at radius 1 is 1.16 bits per heavy atom. The third kappa shape index (κ3) is 4.14. The number of rotatable bonds is 4. The van der Waals surface area contributed by atoms with Crippen LogP contribution in [0, 0.1) is 0 Å². The van der Waals surface area contributed by atoms with E-state index >= 15 is 0 Å². The summed E-state index contributed by atoms with van der Waals surface area (Å²) < 4.78 is 58.3. The van der Waals surface area contributed by atoms with Gasteiger partial charge in [0.1, 0.15) is 5.82 Å². The van der Waals surface area contributed by atoms with Crippen molar-refractivity contribution in [1.29, 1.82) is 0 Å². The molecular weight excluding hydrogens is 417 g/mol. The molecule has 31 heavy (non-hydrogen) atoms. The van der Waals surface area contributed by atoms with Crippen LogP contribution in [-0.2, 0) is 4.74 Å². The number of anilines is 1. The lowest BCUT2D eigenvalue weighted by molar-refractivity contribution is -0.173. The number of methoxy groups -OCH3 is 2. The predicted octanol–water partition coefficient (Wildman–Crippen LogP) is 3.03. The van der Waals surface area contributed by atoms with Crippen LogP contribution in [0.15, 0.2) is 24.3 Å². The Kier molecular flexibility index (Phi) is 5.69. The molecule has 1 aromatic heterocycles. The van der Waals surface area contributed by atoms with Gasteiger partial charge in [0, 0.05) is 25.6 Å². The minimum absolute atomic E-state index is 0.0217. The molecular formula is C20H23F3N4O4. The number of aromatic nitrogens is 2. The molecule has 2 atom stereocenters. The maximum Gasteiger partial charge on any atom is 0.410 e. The summed E-state index contributed by atoms with van der Waals surface area (Å²) in [6, 6.07) is 3.85. The van der Waals surface area contributed by atoms with Crippen molar-refractivity contribution in [3.8, 4) is 11.5 Å². The Morgan fingerprint density at radius 2 is 1.87 bits per heavy atom. The van der Waals surface area contributed by atoms with Crippen molar-refractivity contribution < 1.29 is 32.2 Å². The Balaban J connectivity index is 1.66. The van der Waals surface area contributed by atoms with Gasteiger partial charge in [-0.15, -0.1) is 0 Å². The standard InChI is InChI=1S/C20H23F3N4O4/c1-29-15-4-3-12(9-16(15)30-2)13-10-17(20(21,22)23)27-18(24-13)11-14(25-27)19(28)26-5-7-31-8-6-26/h3-4,9,11,13,17,24H,5-8,10H2,1-2H3/t13-,17+/m0/s1. The maximum absolute atomic E-state index is 13.9. The summed E-state index contributed by atoms with van der Waals surface area (Å²) in [6.45, 7) is 1.55. The molecule has 0 saturated carbocycles. The molecule has 1 saturated heterocycles. The molecule has 0 unspecified atom stereocenters. The molecule has 4 rings (SSSR count). The number of nitrogens with zero attached hydrogens (tertiary/aromatic N) is 3. The van der Waals surface area contributed by atoms with E-state index in [0.717, 1.165) is 4.68 Å². The van der Waals surface area contributed by atoms with E-state index in [4.69, 9.17) is 14.2 Å². The van der Waals surface area contributed by atoms with E-state index in [1.54, 1.807) is 18.2 Å². The lowest BCUT2D eigenvalue weighted by Crippen LogP contribution is -2.41. The summed E-state index contributed by atoms with van der Waals surface area (Å²) in [5.74, 6) is 0.644. The van der Waals surface area contributed by atoms with E-state index < -0.39 is 24.2 Å². The van der Waals surface area contributed by atoms with E-state index in [1.165, 1.54) is 25.2 Å². The Labute approximate surface area is 176 Å². The van der Waals surface area contributed by atoms with Crippen molar-refractivity contribution in [2.75, 3.05) is 45.8 Å². The summed E-state index contributed by atoms with van der Waals surface area (Å²) in [5.41, 5.74) is 0.590.